The average molecular weight is 448 g/mol. The Kier molecular flexibility index (Phi) is 5.94. The molecule has 0 saturated carbocycles. The lowest BCUT2D eigenvalue weighted by atomic mass is 10.1. The van der Waals surface area contributed by atoms with Gasteiger partial charge in [0.2, 0.25) is 0 Å². The highest BCUT2D eigenvalue weighted by Crippen LogP contribution is 2.44. The van der Waals surface area contributed by atoms with E-state index in [0.29, 0.717) is 26.8 Å². The number of hydrogen-bond donors (Lipinski definition) is 1. The van der Waals surface area contributed by atoms with Crippen LogP contribution in [0.25, 0.3) is 11.0 Å². The maximum absolute atomic E-state index is 13.0. The summed E-state index contributed by atoms with van der Waals surface area (Å²) in [5.41, 5.74) is 2.73. The van der Waals surface area contributed by atoms with E-state index in [1.54, 1.807) is 24.3 Å². The van der Waals surface area contributed by atoms with Crippen molar-refractivity contribution < 1.29 is 17.6 Å². The molecule has 152 valence electrons. The number of benzene rings is 2. The Morgan fingerprint density at radius 2 is 1.90 bits per heavy atom. The van der Waals surface area contributed by atoms with Gasteiger partial charge in [-0.15, -0.1) is 23.5 Å². The number of furan rings is 1. The Balaban J connectivity index is 1.63. The van der Waals surface area contributed by atoms with Crippen LogP contribution in [-0.4, -0.2) is 32.1 Å². The molecule has 4 rings (SSSR count). The van der Waals surface area contributed by atoms with Gasteiger partial charge >= 0.3 is 0 Å². The van der Waals surface area contributed by atoms with Crippen LogP contribution in [0.2, 0.25) is 0 Å². The molecule has 1 aliphatic rings. The Morgan fingerprint density at radius 1 is 1.14 bits per heavy atom. The predicted molar refractivity (Wildman–Crippen MR) is 121 cm³/mol. The van der Waals surface area contributed by atoms with Gasteiger partial charge in [0, 0.05) is 22.9 Å². The van der Waals surface area contributed by atoms with E-state index in [1.807, 2.05) is 41.7 Å². The van der Waals surface area contributed by atoms with Gasteiger partial charge in [0.15, 0.2) is 15.6 Å². The molecule has 0 bridgehead atoms. The molecule has 8 heteroatoms. The van der Waals surface area contributed by atoms with Crippen molar-refractivity contribution in [3.63, 3.8) is 0 Å². The molecule has 1 aromatic heterocycles. The SMILES string of the molecule is CS(=O)(=O)Cc1c(C(=O)Nc2cccc(C3SCCCS3)c2)oc2ccccc12. The summed E-state index contributed by atoms with van der Waals surface area (Å²) < 4.78 is 29.9. The molecule has 1 saturated heterocycles. The number of carbonyl (C=O) groups is 1. The highest BCUT2D eigenvalue weighted by atomic mass is 32.2. The number of thioether (sulfide) groups is 2. The molecular formula is C21H21NO4S3. The molecule has 29 heavy (non-hydrogen) atoms. The molecular weight excluding hydrogens is 426 g/mol. The number of anilines is 1. The van der Waals surface area contributed by atoms with Crippen LogP contribution in [0.5, 0.6) is 0 Å². The third-order valence-corrected chi connectivity index (χ3v) is 8.38. The zero-order chi connectivity index (χ0) is 20.4. The van der Waals surface area contributed by atoms with E-state index in [1.165, 1.54) is 12.0 Å². The summed E-state index contributed by atoms with van der Waals surface area (Å²) in [6, 6.07) is 14.9. The van der Waals surface area contributed by atoms with E-state index < -0.39 is 15.7 Å². The smallest absolute Gasteiger partial charge is 0.291 e. The second-order valence-electron chi connectivity index (χ2n) is 6.98. The number of fused-ring (bicyclic) bond motifs is 1. The van der Waals surface area contributed by atoms with Crippen LogP contribution in [0.1, 0.15) is 32.7 Å². The molecule has 2 aromatic carbocycles. The largest absolute Gasteiger partial charge is 0.451 e. The number of para-hydroxylation sites is 1. The highest BCUT2D eigenvalue weighted by Gasteiger charge is 2.24. The van der Waals surface area contributed by atoms with Crippen LogP contribution in [-0.2, 0) is 15.6 Å². The lowest BCUT2D eigenvalue weighted by Gasteiger charge is -2.21. The van der Waals surface area contributed by atoms with Crippen LogP contribution < -0.4 is 5.32 Å². The van der Waals surface area contributed by atoms with Crippen molar-refractivity contribution in [2.45, 2.75) is 16.8 Å². The number of nitrogens with one attached hydrogen (secondary N) is 1. The second-order valence-corrected chi connectivity index (χ2v) is 11.8. The first-order chi connectivity index (χ1) is 13.9. The fourth-order valence-corrected chi connectivity index (χ4v) is 7.00. The standard InChI is InChI=1S/C21H21NO4S3/c1-29(24,25)13-17-16-8-2-3-9-18(16)26-19(17)20(23)22-15-7-4-6-14(12-15)21-27-10-5-11-28-21/h2-4,6-9,12,21H,5,10-11,13H2,1H3,(H,22,23). The summed E-state index contributed by atoms with van der Waals surface area (Å²) >= 11 is 3.83. The molecule has 0 atom stereocenters. The summed E-state index contributed by atoms with van der Waals surface area (Å²) in [5, 5.41) is 3.52. The minimum Gasteiger partial charge on any atom is -0.451 e. The molecule has 0 aliphatic carbocycles. The van der Waals surface area contributed by atoms with Crippen molar-refractivity contribution in [2.75, 3.05) is 23.1 Å². The van der Waals surface area contributed by atoms with Crippen molar-refractivity contribution in [1.29, 1.82) is 0 Å². The van der Waals surface area contributed by atoms with Gasteiger partial charge in [-0.2, -0.15) is 0 Å². The van der Waals surface area contributed by atoms with Gasteiger partial charge in [-0.25, -0.2) is 8.42 Å². The Morgan fingerprint density at radius 3 is 2.66 bits per heavy atom. The monoisotopic (exact) mass is 447 g/mol. The molecule has 1 amide bonds. The lowest BCUT2D eigenvalue weighted by Crippen LogP contribution is -2.14. The van der Waals surface area contributed by atoms with Crippen LogP contribution in [0.4, 0.5) is 5.69 Å². The third-order valence-electron chi connectivity index (χ3n) is 4.55. The first-order valence-corrected chi connectivity index (χ1v) is 13.4. The summed E-state index contributed by atoms with van der Waals surface area (Å²) in [7, 11) is -3.33. The normalized spacial score (nSPS) is 15.5. The van der Waals surface area contributed by atoms with E-state index in [-0.39, 0.29) is 11.5 Å². The number of rotatable bonds is 5. The van der Waals surface area contributed by atoms with Gasteiger partial charge in [-0.05, 0) is 41.7 Å². The minimum absolute atomic E-state index is 0.0449. The number of hydrogen-bond acceptors (Lipinski definition) is 6. The van der Waals surface area contributed by atoms with Crippen molar-refractivity contribution in [3.05, 3.63) is 65.4 Å². The second kappa shape index (κ2) is 8.45. The van der Waals surface area contributed by atoms with Gasteiger partial charge in [0.1, 0.15) is 5.58 Å². The summed E-state index contributed by atoms with van der Waals surface area (Å²) in [4.78, 5) is 13.0. The van der Waals surface area contributed by atoms with E-state index in [2.05, 4.69) is 11.4 Å². The van der Waals surface area contributed by atoms with Gasteiger partial charge in [0.25, 0.3) is 5.91 Å². The molecule has 2 heterocycles. The molecule has 1 fully saturated rings. The summed E-state index contributed by atoms with van der Waals surface area (Å²) in [6.07, 6.45) is 2.37. The highest BCUT2D eigenvalue weighted by molar-refractivity contribution is 8.16. The van der Waals surface area contributed by atoms with Crippen LogP contribution in [0.3, 0.4) is 0 Å². The van der Waals surface area contributed by atoms with E-state index in [0.717, 1.165) is 17.8 Å². The molecule has 3 aromatic rings. The molecule has 1 N–H and O–H groups in total. The van der Waals surface area contributed by atoms with Crippen LogP contribution in [0.15, 0.2) is 52.9 Å². The number of sulfone groups is 1. The number of carbonyl (C=O) groups excluding carboxylic acids is 1. The lowest BCUT2D eigenvalue weighted by molar-refractivity contribution is 0.0998. The minimum atomic E-state index is -3.33. The number of amides is 1. The van der Waals surface area contributed by atoms with Gasteiger partial charge in [-0.3, -0.25) is 4.79 Å². The van der Waals surface area contributed by atoms with Crippen molar-refractivity contribution >= 4 is 55.9 Å². The Labute approximate surface area is 178 Å². The third kappa shape index (κ3) is 4.82. The first kappa shape index (κ1) is 20.4. The molecule has 0 radical (unpaired) electrons. The van der Waals surface area contributed by atoms with E-state index >= 15 is 0 Å². The zero-order valence-electron chi connectivity index (χ0n) is 15.9. The van der Waals surface area contributed by atoms with Gasteiger partial charge < -0.3 is 9.73 Å². The van der Waals surface area contributed by atoms with Crippen LogP contribution >= 0.6 is 23.5 Å². The van der Waals surface area contributed by atoms with Crippen molar-refractivity contribution in [3.8, 4) is 0 Å². The van der Waals surface area contributed by atoms with Gasteiger partial charge in [-0.1, -0.05) is 30.3 Å². The molecule has 0 unspecified atom stereocenters. The molecule has 1 aliphatic heterocycles. The van der Waals surface area contributed by atoms with Crippen molar-refractivity contribution in [1.82, 2.24) is 0 Å². The fourth-order valence-electron chi connectivity index (χ4n) is 3.32. The van der Waals surface area contributed by atoms with Crippen LogP contribution in [0, 0.1) is 0 Å². The van der Waals surface area contributed by atoms with E-state index in [4.69, 9.17) is 4.42 Å². The summed E-state index contributed by atoms with van der Waals surface area (Å²) in [6.45, 7) is 0. The fraction of sp³-hybridized carbons (Fsp3) is 0.286. The van der Waals surface area contributed by atoms with E-state index in [9.17, 15) is 13.2 Å². The zero-order valence-corrected chi connectivity index (χ0v) is 18.3. The maximum Gasteiger partial charge on any atom is 0.291 e. The Hall–Kier alpha value is -1.90. The molecule has 0 spiro atoms. The summed E-state index contributed by atoms with van der Waals surface area (Å²) in [5.74, 6) is 1.64. The topological polar surface area (TPSA) is 76.4 Å². The Bertz CT molecular complexity index is 1150. The van der Waals surface area contributed by atoms with Gasteiger partial charge in [0.05, 0.1) is 10.3 Å². The predicted octanol–water partition coefficient (Wildman–Crippen LogP) is 5.10. The quantitative estimate of drug-likeness (QED) is 0.586. The average Bonchev–Trinajstić information content (AvgIpc) is 3.06. The first-order valence-electron chi connectivity index (χ1n) is 9.23. The maximum atomic E-state index is 13.0. The van der Waals surface area contributed by atoms with Crippen molar-refractivity contribution in [2.24, 2.45) is 0 Å². The molecule has 5 nitrogen and oxygen atoms in total.